The topological polar surface area (TPSA) is 49.3 Å². The van der Waals surface area contributed by atoms with Crippen LogP contribution in [-0.2, 0) is 11.2 Å². The summed E-state index contributed by atoms with van der Waals surface area (Å²) in [4.78, 5) is 12.0. The zero-order valence-electron chi connectivity index (χ0n) is 11.1. The average molecular weight is 255 g/mol. The highest BCUT2D eigenvalue weighted by Gasteiger charge is 2.10. The fraction of sp³-hybridized carbons (Fsp3) is 0.188. The van der Waals surface area contributed by atoms with Gasteiger partial charge in [-0.15, -0.1) is 0 Å². The molecule has 0 saturated carbocycles. The van der Waals surface area contributed by atoms with Crippen LogP contribution in [0.25, 0.3) is 0 Å². The van der Waals surface area contributed by atoms with Crippen molar-refractivity contribution < 1.29 is 9.90 Å². The first kappa shape index (κ1) is 13.1. The Morgan fingerprint density at radius 3 is 2.32 bits per heavy atom. The summed E-state index contributed by atoms with van der Waals surface area (Å²) in [7, 11) is 0. The lowest BCUT2D eigenvalue weighted by Gasteiger charge is -2.11. The van der Waals surface area contributed by atoms with Gasteiger partial charge in [0.25, 0.3) is 0 Å². The number of phenolic OH excluding ortho intramolecular Hbond substituents is 1. The fourth-order valence-electron chi connectivity index (χ4n) is 2.03. The summed E-state index contributed by atoms with van der Waals surface area (Å²) in [6.45, 7) is 3.92. The van der Waals surface area contributed by atoms with E-state index in [1.807, 2.05) is 32.0 Å². The minimum Gasteiger partial charge on any atom is -0.508 e. The zero-order chi connectivity index (χ0) is 13.8. The zero-order valence-corrected chi connectivity index (χ0v) is 11.1. The molecule has 19 heavy (non-hydrogen) atoms. The smallest absolute Gasteiger partial charge is 0.228 e. The third-order valence-electron chi connectivity index (χ3n) is 3.09. The van der Waals surface area contributed by atoms with E-state index in [0.717, 1.165) is 16.8 Å². The number of hydrogen-bond donors (Lipinski definition) is 2. The van der Waals surface area contributed by atoms with Crippen LogP contribution in [0.3, 0.4) is 0 Å². The van der Waals surface area contributed by atoms with Crippen molar-refractivity contribution in [2.24, 2.45) is 0 Å². The number of carbonyl (C=O) groups excluding carboxylic acids is 1. The van der Waals surface area contributed by atoms with Crippen LogP contribution in [-0.4, -0.2) is 11.0 Å². The molecule has 0 aliphatic heterocycles. The minimum atomic E-state index is -0.126. The SMILES string of the molecule is Cc1cccc(C)c1NC(=O)Cc1ccccc1O. The maximum absolute atomic E-state index is 12.0. The number of anilines is 1. The maximum Gasteiger partial charge on any atom is 0.228 e. The van der Waals surface area contributed by atoms with Gasteiger partial charge >= 0.3 is 0 Å². The number of benzene rings is 2. The first-order valence-corrected chi connectivity index (χ1v) is 6.21. The molecule has 0 unspecified atom stereocenters. The third-order valence-corrected chi connectivity index (χ3v) is 3.09. The van der Waals surface area contributed by atoms with E-state index in [-0.39, 0.29) is 18.1 Å². The normalized spacial score (nSPS) is 10.2. The van der Waals surface area contributed by atoms with Crippen molar-refractivity contribution >= 4 is 11.6 Å². The molecular weight excluding hydrogens is 238 g/mol. The number of aryl methyl sites for hydroxylation is 2. The molecule has 0 aromatic heterocycles. The van der Waals surface area contributed by atoms with Crippen LogP contribution in [0.1, 0.15) is 16.7 Å². The molecule has 0 aliphatic carbocycles. The van der Waals surface area contributed by atoms with Crippen LogP contribution in [0.2, 0.25) is 0 Å². The second kappa shape index (κ2) is 5.57. The van der Waals surface area contributed by atoms with Gasteiger partial charge < -0.3 is 10.4 Å². The van der Waals surface area contributed by atoms with Gasteiger partial charge in [-0.05, 0) is 31.0 Å². The Morgan fingerprint density at radius 2 is 1.68 bits per heavy atom. The maximum atomic E-state index is 12.0. The molecule has 0 bridgehead atoms. The van der Waals surface area contributed by atoms with Crippen molar-refractivity contribution in [3.63, 3.8) is 0 Å². The molecule has 2 aromatic rings. The highest BCUT2D eigenvalue weighted by atomic mass is 16.3. The Labute approximate surface area is 112 Å². The number of carbonyl (C=O) groups is 1. The summed E-state index contributed by atoms with van der Waals surface area (Å²) < 4.78 is 0. The van der Waals surface area contributed by atoms with E-state index in [2.05, 4.69) is 5.32 Å². The van der Waals surface area contributed by atoms with Gasteiger partial charge in [0.15, 0.2) is 0 Å². The van der Waals surface area contributed by atoms with Crippen LogP contribution in [0.5, 0.6) is 5.75 Å². The molecule has 3 nitrogen and oxygen atoms in total. The Hall–Kier alpha value is -2.29. The van der Waals surface area contributed by atoms with Gasteiger partial charge in [-0.25, -0.2) is 0 Å². The standard InChI is InChI=1S/C16H17NO2/c1-11-6-5-7-12(2)16(11)17-15(19)10-13-8-3-4-9-14(13)18/h3-9,18H,10H2,1-2H3,(H,17,19). The molecule has 0 fully saturated rings. The van der Waals surface area contributed by atoms with Crippen molar-refractivity contribution in [1.29, 1.82) is 0 Å². The number of amides is 1. The highest BCUT2D eigenvalue weighted by Crippen LogP contribution is 2.21. The lowest BCUT2D eigenvalue weighted by molar-refractivity contribution is -0.115. The summed E-state index contributed by atoms with van der Waals surface area (Å²) in [5.74, 6) is 0.0260. The number of para-hydroxylation sites is 2. The van der Waals surface area contributed by atoms with Crippen molar-refractivity contribution in [2.45, 2.75) is 20.3 Å². The van der Waals surface area contributed by atoms with Gasteiger partial charge in [0.05, 0.1) is 6.42 Å². The second-order valence-electron chi connectivity index (χ2n) is 4.62. The number of phenols is 1. The molecule has 2 aromatic carbocycles. The molecule has 0 atom stereocenters. The quantitative estimate of drug-likeness (QED) is 0.885. The Kier molecular flexibility index (Phi) is 3.85. The number of aromatic hydroxyl groups is 1. The summed E-state index contributed by atoms with van der Waals surface area (Å²) in [6, 6.07) is 12.8. The second-order valence-corrected chi connectivity index (χ2v) is 4.62. The molecule has 3 heteroatoms. The molecule has 0 heterocycles. The Morgan fingerprint density at radius 1 is 1.05 bits per heavy atom. The molecule has 0 spiro atoms. The highest BCUT2D eigenvalue weighted by molar-refractivity contribution is 5.94. The van der Waals surface area contributed by atoms with Crippen molar-refractivity contribution in [3.8, 4) is 5.75 Å². The third kappa shape index (κ3) is 3.13. The number of hydrogen-bond acceptors (Lipinski definition) is 2. The van der Waals surface area contributed by atoms with E-state index in [1.54, 1.807) is 24.3 Å². The summed E-state index contributed by atoms with van der Waals surface area (Å²) in [5, 5.41) is 12.6. The van der Waals surface area contributed by atoms with Crippen molar-refractivity contribution in [1.82, 2.24) is 0 Å². The van der Waals surface area contributed by atoms with Crippen LogP contribution in [0.15, 0.2) is 42.5 Å². The van der Waals surface area contributed by atoms with Gasteiger partial charge in [-0.2, -0.15) is 0 Å². The summed E-state index contributed by atoms with van der Waals surface area (Å²) in [5.41, 5.74) is 3.55. The van der Waals surface area contributed by atoms with E-state index < -0.39 is 0 Å². The first-order chi connectivity index (χ1) is 9.08. The lowest BCUT2D eigenvalue weighted by Crippen LogP contribution is -2.16. The molecule has 2 N–H and O–H groups in total. The van der Waals surface area contributed by atoms with Crippen LogP contribution in [0, 0.1) is 13.8 Å². The van der Waals surface area contributed by atoms with Gasteiger partial charge in [-0.3, -0.25) is 4.79 Å². The van der Waals surface area contributed by atoms with E-state index in [9.17, 15) is 9.90 Å². The predicted molar refractivity (Wildman–Crippen MR) is 76.4 cm³/mol. The van der Waals surface area contributed by atoms with Gasteiger partial charge in [-0.1, -0.05) is 36.4 Å². The number of rotatable bonds is 3. The van der Waals surface area contributed by atoms with Crippen molar-refractivity contribution in [3.05, 3.63) is 59.2 Å². The molecule has 1 amide bonds. The fourth-order valence-corrected chi connectivity index (χ4v) is 2.03. The van der Waals surface area contributed by atoms with E-state index in [0.29, 0.717) is 5.56 Å². The van der Waals surface area contributed by atoms with Gasteiger partial charge in [0.1, 0.15) is 5.75 Å². The average Bonchev–Trinajstić information content (AvgIpc) is 2.37. The van der Waals surface area contributed by atoms with E-state index >= 15 is 0 Å². The minimum absolute atomic E-state index is 0.126. The molecule has 98 valence electrons. The Balaban J connectivity index is 2.12. The molecule has 2 rings (SSSR count). The van der Waals surface area contributed by atoms with Gasteiger partial charge in [0, 0.05) is 11.3 Å². The monoisotopic (exact) mass is 255 g/mol. The largest absolute Gasteiger partial charge is 0.508 e. The van der Waals surface area contributed by atoms with Crippen molar-refractivity contribution in [2.75, 3.05) is 5.32 Å². The molecule has 0 saturated heterocycles. The summed E-state index contributed by atoms with van der Waals surface area (Å²) >= 11 is 0. The van der Waals surface area contributed by atoms with E-state index in [4.69, 9.17) is 0 Å². The van der Waals surface area contributed by atoms with Crippen LogP contribution < -0.4 is 5.32 Å². The van der Waals surface area contributed by atoms with Crippen LogP contribution in [0.4, 0.5) is 5.69 Å². The van der Waals surface area contributed by atoms with Crippen LogP contribution >= 0.6 is 0 Å². The molecule has 0 radical (unpaired) electrons. The molecule has 0 aliphatic rings. The van der Waals surface area contributed by atoms with E-state index in [1.165, 1.54) is 0 Å². The Bertz CT molecular complexity index is 585. The van der Waals surface area contributed by atoms with Gasteiger partial charge in [0.2, 0.25) is 5.91 Å². The summed E-state index contributed by atoms with van der Waals surface area (Å²) in [6.07, 6.45) is 0.167. The predicted octanol–water partition coefficient (Wildman–Crippen LogP) is 3.19. The first-order valence-electron chi connectivity index (χ1n) is 6.21. The number of nitrogens with one attached hydrogen (secondary N) is 1. The lowest BCUT2D eigenvalue weighted by atomic mass is 10.1. The molecular formula is C16H17NO2.